The number of rotatable bonds is 6. The summed E-state index contributed by atoms with van der Waals surface area (Å²) in [4.78, 5) is 11.4. The molecule has 0 aromatic heterocycles. The molecular formula is C12H17NO2. The van der Waals surface area contributed by atoms with Crippen molar-refractivity contribution in [3.63, 3.8) is 0 Å². The van der Waals surface area contributed by atoms with E-state index in [2.05, 4.69) is 0 Å². The molecule has 0 radical (unpaired) electrons. The molecule has 1 rings (SSSR count). The Labute approximate surface area is 89.9 Å². The van der Waals surface area contributed by atoms with Crippen LogP contribution in [0.25, 0.3) is 0 Å². The lowest BCUT2D eigenvalue weighted by atomic mass is 10.0. The number of carbonyl (C=O) groups excluding carboxylic acids is 1. The number of ketones is 1. The molecule has 3 heteroatoms. The third-order valence-electron chi connectivity index (χ3n) is 2.27. The number of nitrogens with two attached hydrogens (primary N) is 1. The second-order valence-electron chi connectivity index (χ2n) is 3.58. The Morgan fingerprint density at radius 2 is 1.80 bits per heavy atom. The molecule has 0 saturated heterocycles. The molecule has 0 saturated carbocycles. The summed E-state index contributed by atoms with van der Waals surface area (Å²) in [5.41, 5.74) is 7.19. The lowest BCUT2D eigenvalue weighted by molar-refractivity contribution is -0.118. The van der Waals surface area contributed by atoms with Crippen LogP contribution in [0.1, 0.15) is 24.0 Å². The van der Waals surface area contributed by atoms with Crippen LogP contribution >= 0.6 is 0 Å². The van der Waals surface area contributed by atoms with Gasteiger partial charge in [-0.3, -0.25) is 4.79 Å². The molecule has 0 atom stereocenters. The molecule has 0 aliphatic heterocycles. The van der Waals surface area contributed by atoms with Gasteiger partial charge in [-0.25, -0.2) is 0 Å². The van der Waals surface area contributed by atoms with Gasteiger partial charge in [0.1, 0.15) is 5.78 Å². The van der Waals surface area contributed by atoms with E-state index in [0.717, 1.165) is 17.5 Å². The summed E-state index contributed by atoms with van der Waals surface area (Å²) in [5.74, 6) is 0.220. The zero-order valence-electron chi connectivity index (χ0n) is 8.78. The van der Waals surface area contributed by atoms with Crippen LogP contribution in [0.4, 0.5) is 0 Å². The fourth-order valence-electron chi connectivity index (χ4n) is 1.38. The van der Waals surface area contributed by atoms with Gasteiger partial charge in [0, 0.05) is 12.8 Å². The Balaban J connectivity index is 2.46. The molecule has 0 aliphatic rings. The Morgan fingerprint density at radius 3 is 2.33 bits per heavy atom. The lowest BCUT2D eigenvalue weighted by Crippen LogP contribution is -2.06. The number of benzene rings is 1. The van der Waals surface area contributed by atoms with E-state index in [-0.39, 0.29) is 12.4 Å². The highest BCUT2D eigenvalue weighted by molar-refractivity contribution is 5.80. The number of aliphatic hydroxyl groups excluding tert-OH is 1. The summed E-state index contributed by atoms with van der Waals surface area (Å²) in [6.07, 6.45) is 1.78. The van der Waals surface area contributed by atoms with E-state index in [1.165, 1.54) is 0 Å². The van der Waals surface area contributed by atoms with Gasteiger partial charge in [0.2, 0.25) is 0 Å². The zero-order chi connectivity index (χ0) is 11.1. The van der Waals surface area contributed by atoms with Crippen LogP contribution in [-0.4, -0.2) is 17.4 Å². The Kier molecular flexibility index (Phi) is 5.01. The highest BCUT2D eigenvalue weighted by atomic mass is 16.3. The van der Waals surface area contributed by atoms with E-state index in [1.807, 2.05) is 24.3 Å². The highest BCUT2D eigenvalue weighted by Gasteiger charge is 2.02. The molecule has 0 fully saturated rings. The minimum absolute atomic E-state index is 0.0431. The topological polar surface area (TPSA) is 63.3 Å². The van der Waals surface area contributed by atoms with E-state index >= 15 is 0 Å². The number of hydrogen-bond donors (Lipinski definition) is 2. The molecule has 82 valence electrons. The van der Waals surface area contributed by atoms with Crippen molar-refractivity contribution in [2.45, 2.75) is 25.9 Å². The Morgan fingerprint density at radius 1 is 1.20 bits per heavy atom. The van der Waals surface area contributed by atoms with Crippen molar-refractivity contribution in [1.29, 1.82) is 0 Å². The molecule has 0 aliphatic carbocycles. The van der Waals surface area contributed by atoms with Gasteiger partial charge >= 0.3 is 0 Å². The van der Waals surface area contributed by atoms with Gasteiger partial charge in [0.25, 0.3) is 0 Å². The van der Waals surface area contributed by atoms with E-state index in [0.29, 0.717) is 19.4 Å². The van der Waals surface area contributed by atoms with Crippen LogP contribution < -0.4 is 5.73 Å². The number of aliphatic hydroxyl groups is 1. The molecule has 0 amide bonds. The maximum atomic E-state index is 11.4. The summed E-state index contributed by atoms with van der Waals surface area (Å²) >= 11 is 0. The zero-order valence-corrected chi connectivity index (χ0v) is 8.78. The summed E-state index contributed by atoms with van der Waals surface area (Å²) in [6, 6.07) is 7.44. The molecule has 0 bridgehead atoms. The second-order valence-corrected chi connectivity index (χ2v) is 3.58. The van der Waals surface area contributed by atoms with Crippen LogP contribution in [0.3, 0.4) is 0 Å². The standard InChI is InChI=1S/C12H17NO2/c13-7-1-2-12(15)8-10-3-5-11(9-14)6-4-10/h3-6,14H,1-2,7-9,13H2. The third kappa shape index (κ3) is 4.23. The molecule has 3 nitrogen and oxygen atoms in total. The Bertz CT molecular complexity index is 306. The van der Waals surface area contributed by atoms with Crippen LogP contribution in [0.15, 0.2) is 24.3 Å². The second kappa shape index (κ2) is 6.32. The number of Topliss-reactive ketones (excluding diaryl/α,β-unsaturated/α-hetero) is 1. The van der Waals surface area contributed by atoms with Crippen LogP contribution in [0.5, 0.6) is 0 Å². The van der Waals surface area contributed by atoms with Gasteiger partial charge in [-0.1, -0.05) is 24.3 Å². The fraction of sp³-hybridized carbons (Fsp3) is 0.417. The van der Waals surface area contributed by atoms with Gasteiger partial charge in [-0.05, 0) is 24.1 Å². The maximum absolute atomic E-state index is 11.4. The van der Waals surface area contributed by atoms with E-state index in [9.17, 15) is 4.79 Å². The van der Waals surface area contributed by atoms with Crippen molar-refractivity contribution in [1.82, 2.24) is 0 Å². The smallest absolute Gasteiger partial charge is 0.137 e. The normalized spacial score (nSPS) is 10.3. The van der Waals surface area contributed by atoms with Crippen molar-refractivity contribution in [2.75, 3.05) is 6.54 Å². The van der Waals surface area contributed by atoms with Gasteiger partial charge in [-0.2, -0.15) is 0 Å². The summed E-state index contributed by atoms with van der Waals surface area (Å²) in [6.45, 7) is 0.608. The SMILES string of the molecule is NCCCC(=O)Cc1ccc(CO)cc1. The Hall–Kier alpha value is -1.19. The molecule has 0 spiro atoms. The lowest BCUT2D eigenvalue weighted by Gasteiger charge is -2.01. The summed E-state index contributed by atoms with van der Waals surface area (Å²) in [5, 5.41) is 8.85. The van der Waals surface area contributed by atoms with E-state index in [4.69, 9.17) is 10.8 Å². The average Bonchev–Trinajstić information content (AvgIpc) is 2.27. The van der Waals surface area contributed by atoms with E-state index in [1.54, 1.807) is 0 Å². The van der Waals surface area contributed by atoms with Gasteiger partial charge in [0.15, 0.2) is 0 Å². The molecule has 1 aromatic rings. The van der Waals surface area contributed by atoms with Crippen molar-refractivity contribution < 1.29 is 9.90 Å². The first-order valence-electron chi connectivity index (χ1n) is 5.16. The molecule has 15 heavy (non-hydrogen) atoms. The molecule has 0 heterocycles. The van der Waals surface area contributed by atoms with Crippen LogP contribution in [0.2, 0.25) is 0 Å². The molecular weight excluding hydrogens is 190 g/mol. The quantitative estimate of drug-likeness (QED) is 0.732. The molecule has 1 aromatic carbocycles. The minimum Gasteiger partial charge on any atom is -0.392 e. The van der Waals surface area contributed by atoms with Crippen LogP contribution in [-0.2, 0) is 17.8 Å². The van der Waals surface area contributed by atoms with Crippen LogP contribution in [0, 0.1) is 0 Å². The third-order valence-corrected chi connectivity index (χ3v) is 2.27. The van der Waals surface area contributed by atoms with Crippen molar-refractivity contribution in [3.05, 3.63) is 35.4 Å². The molecule has 3 N–H and O–H groups in total. The first kappa shape index (κ1) is 11.9. The predicted molar refractivity (Wildman–Crippen MR) is 59.4 cm³/mol. The van der Waals surface area contributed by atoms with Crippen molar-refractivity contribution in [2.24, 2.45) is 5.73 Å². The average molecular weight is 207 g/mol. The number of hydrogen-bond acceptors (Lipinski definition) is 3. The first-order chi connectivity index (χ1) is 7.26. The van der Waals surface area contributed by atoms with Crippen molar-refractivity contribution in [3.8, 4) is 0 Å². The largest absolute Gasteiger partial charge is 0.392 e. The summed E-state index contributed by atoms with van der Waals surface area (Å²) < 4.78 is 0. The van der Waals surface area contributed by atoms with E-state index < -0.39 is 0 Å². The fourth-order valence-corrected chi connectivity index (χ4v) is 1.38. The maximum Gasteiger partial charge on any atom is 0.137 e. The minimum atomic E-state index is 0.0431. The summed E-state index contributed by atoms with van der Waals surface area (Å²) in [7, 11) is 0. The monoisotopic (exact) mass is 207 g/mol. The van der Waals surface area contributed by atoms with Gasteiger partial charge in [-0.15, -0.1) is 0 Å². The highest BCUT2D eigenvalue weighted by Crippen LogP contribution is 2.06. The van der Waals surface area contributed by atoms with Gasteiger partial charge in [0.05, 0.1) is 6.61 Å². The molecule has 0 unspecified atom stereocenters. The van der Waals surface area contributed by atoms with Gasteiger partial charge < -0.3 is 10.8 Å². The first-order valence-corrected chi connectivity index (χ1v) is 5.16. The number of carbonyl (C=O) groups is 1. The van der Waals surface area contributed by atoms with Crippen molar-refractivity contribution >= 4 is 5.78 Å². The predicted octanol–water partition coefficient (Wildman–Crippen LogP) is 1.03.